The molecule has 0 unspecified atom stereocenters. The zero-order valence-electron chi connectivity index (χ0n) is 7.73. The number of thioether (sulfide) groups is 1. The van der Waals surface area contributed by atoms with Gasteiger partial charge in [0.2, 0.25) is 0 Å². The Hall–Kier alpha value is -1.41. The lowest BCUT2D eigenvalue weighted by atomic mass is 10.5. The highest BCUT2D eigenvalue weighted by Crippen LogP contribution is 2.05. The van der Waals surface area contributed by atoms with E-state index in [0.717, 1.165) is 23.9 Å². The number of terminal acetylenes is 1. The van der Waals surface area contributed by atoms with Gasteiger partial charge in [0.15, 0.2) is 0 Å². The standard InChI is InChI=1S/C9H12N4S/c1-2-4-14-5-3-11-9-6-8(10)12-7-13-9/h1,6-7H,3-5H2,(H3,10,11,12,13). The first kappa shape index (κ1) is 10.7. The van der Waals surface area contributed by atoms with E-state index in [0.29, 0.717) is 5.82 Å². The van der Waals surface area contributed by atoms with Gasteiger partial charge in [0, 0.05) is 18.4 Å². The number of nitrogens with zero attached hydrogens (tertiary/aromatic N) is 2. The third-order valence-electron chi connectivity index (χ3n) is 1.43. The molecule has 1 rings (SSSR count). The van der Waals surface area contributed by atoms with Crippen molar-refractivity contribution in [2.75, 3.05) is 29.1 Å². The Balaban J connectivity index is 2.22. The van der Waals surface area contributed by atoms with Crippen LogP contribution in [0.5, 0.6) is 0 Å². The third-order valence-corrected chi connectivity index (χ3v) is 2.29. The van der Waals surface area contributed by atoms with E-state index in [-0.39, 0.29) is 0 Å². The molecule has 1 heterocycles. The summed E-state index contributed by atoms with van der Waals surface area (Å²) in [4.78, 5) is 7.80. The van der Waals surface area contributed by atoms with Gasteiger partial charge in [-0.1, -0.05) is 5.92 Å². The van der Waals surface area contributed by atoms with E-state index in [1.807, 2.05) is 0 Å². The van der Waals surface area contributed by atoms with E-state index in [1.54, 1.807) is 17.8 Å². The number of hydrogen-bond acceptors (Lipinski definition) is 5. The number of hydrogen-bond donors (Lipinski definition) is 2. The average molecular weight is 208 g/mol. The molecule has 0 saturated carbocycles. The molecule has 0 amide bonds. The van der Waals surface area contributed by atoms with Crippen molar-refractivity contribution in [2.24, 2.45) is 0 Å². The number of aromatic nitrogens is 2. The van der Waals surface area contributed by atoms with E-state index in [1.165, 1.54) is 6.33 Å². The number of rotatable bonds is 5. The lowest BCUT2D eigenvalue weighted by Gasteiger charge is -2.03. The molecule has 0 radical (unpaired) electrons. The van der Waals surface area contributed by atoms with Gasteiger partial charge in [-0.05, 0) is 0 Å². The van der Waals surface area contributed by atoms with Gasteiger partial charge in [0.25, 0.3) is 0 Å². The van der Waals surface area contributed by atoms with Crippen molar-refractivity contribution >= 4 is 23.4 Å². The van der Waals surface area contributed by atoms with Crippen LogP contribution >= 0.6 is 11.8 Å². The Bertz CT molecular complexity index is 321. The van der Waals surface area contributed by atoms with Crippen molar-refractivity contribution in [3.8, 4) is 12.3 Å². The van der Waals surface area contributed by atoms with Crippen LogP contribution in [-0.2, 0) is 0 Å². The first-order valence-electron chi connectivity index (χ1n) is 4.15. The Morgan fingerprint density at radius 2 is 2.43 bits per heavy atom. The van der Waals surface area contributed by atoms with Gasteiger partial charge < -0.3 is 11.1 Å². The predicted octanol–water partition coefficient (Wildman–Crippen LogP) is 0.837. The van der Waals surface area contributed by atoms with Crippen LogP contribution in [0, 0.1) is 12.3 Å². The number of anilines is 2. The van der Waals surface area contributed by atoms with Crippen LogP contribution in [0.15, 0.2) is 12.4 Å². The summed E-state index contributed by atoms with van der Waals surface area (Å²) in [6.45, 7) is 0.822. The fraction of sp³-hybridized carbons (Fsp3) is 0.333. The number of nitrogen functional groups attached to an aromatic ring is 1. The van der Waals surface area contributed by atoms with Crippen LogP contribution in [0.3, 0.4) is 0 Å². The summed E-state index contributed by atoms with van der Waals surface area (Å²) in [5.74, 6) is 5.48. The second kappa shape index (κ2) is 6.11. The van der Waals surface area contributed by atoms with Crippen molar-refractivity contribution in [2.45, 2.75) is 0 Å². The second-order valence-electron chi connectivity index (χ2n) is 2.51. The molecule has 1 aromatic heterocycles. The molecule has 0 aliphatic rings. The first-order valence-corrected chi connectivity index (χ1v) is 5.31. The third kappa shape index (κ3) is 4.01. The molecule has 1 aromatic rings. The van der Waals surface area contributed by atoms with E-state index >= 15 is 0 Å². The molecule has 0 aromatic carbocycles. The molecule has 4 nitrogen and oxygen atoms in total. The fourth-order valence-corrected chi connectivity index (χ4v) is 1.36. The average Bonchev–Trinajstić information content (AvgIpc) is 2.18. The van der Waals surface area contributed by atoms with Crippen molar-refractivity contribution in [1.29, 1.82) is 0 Å². The molecule has 3 N–H and O–H groups in total. The summed E-state index contributed by atoms with van der Waals surface area (Å²) < 4.78 is 0. The van der Waals surface area contributed by atoms with E-state index in [2.05, 4.69) is 21.2 Å². The molecule has 74 valence electrons. The SMILES string of the molecule is C#CCSCCNc1cc(N)ncn1. The Kier molecular flexibility index (Phi) is 4.65. The van der Waals surface area contributed by atoms with E-state index in [4.69, 9.17) is 12.2 Å². The van der Waals surface area contributed by atoms with Crippen LogP contribution in [0.2, 0.25) is 0 Å². The zero-order chi connectivity index (χ0) is 10.2. The van der Waals surface area contributed by atoms with Crippen LogP contribution < -0.4 is 11.1 Å². The predicted molar refractivity (Wildman–Crippen MR) is 61.1 cm³/mol. The van der Waals surface area contributed by atoms with Crippen molar-refractivity contribution in [3.05, 3.63) is 12.4 Å². The molecular weight excluding hydrogens is 196 g/mol. The lowest BCUT2D eigenvalue weighted by molar-refractivity contribution is 1.12. The summed E-state index contributed by atoms with van der Waals surface area (Å²) in [5.41, 5.74) is 5.49. The normalized spacial score (nSPS) is 9.36. The minimum absolute atomic E-state index is 0.471. The zero-order valence-corrected chi connectivity index (χ0v) is 8.55. The molecule has 14 heavy (non-hydrogen) atoms. The Labute approximate surface area is 87.7 Å². The molecule has 0 bridgehead atoms. The minimum atomic E-state index is 0.471. The summed E-state index contributed by atoms with van der Waals surface area (Å²) in [6.07, 6.45) is 6.55. The quantitative estimate of drug-likeness (QED) is 0.554. The summed E-state index contributed by atoms with van der Waals surface area (Å²) in [5, 5.41) is 3.12. The first-order chi connectivity index (χ1) is 6.83. The van der Waals surface area contributed by atoms with Gasteiger partial charge in [-0.3, -0.25) is 0 Å². The highest BCUT2D eigenvalue weighted by atomic mass is 32.2. The Morgan fingerprint density at radius 3 is 3.14 bits per heavy atom. The molecule has 0 saturated heterocycles. The van der Waals surface area contributed by atoms with Gasteiger partial charge in [0.1, 0.15) is 18.0 Å². The molecular formula is C9H12N4S. The van der Waals surface area contributed by atoms with Crippen molar-refractivity contribution in [1.82, 2.24) is 9.97 Å². The molecule has 5 heteroatoms. The minimum Gasteiger partial charge on any atom is -0.384 e. The van der Waals surface area contributed by atoms with Gasteiger partial charge in [-0.15, -0.1) is 18.2 Å². The lowest BCUT2D eigenvalue weighted by Crippen LogP contribution is -2.06. The van der Waals surface area contributed by atoms with Crippen molar-refractivity contribution < 1.29 is 0 Å². The fourth-order valence-electron chi connectivity index (χ4n) is 0.851. The van der Waals surface area contributed by atoms with Gasteiger partial charge in [-0.2, -0.15) is 0 Å². The van der Waals surface area contributed by atoms with E-state index in [9.17, 15) is 0 Å². The summed E-state index contributed by atoms with van der Waals surface area (Å²) in [6, 6.07) is 1.70. The van der Waals surface area contributed by atoms with Crippen LogP contribution in [0.4, 0.5) is 11.6 Å². The maximum absolute atomic E-state index is 5.49. The van der Waals surface area contributed by atoms with Gasteiger partial charge in [-0.25, -0.2) is 9.97 Å². The number of nitrogens with one attached hydrogen (secondary N) is 1. The van der Waals surface area contributed by atoms with Crippen LogP contribution in [0.1, 0.15) is 0 Å². The summed E-state index contributed by atoms with van der Waals surface area (Å²) in [7, 11) is 0. The summed E-state index contributed by atoms with van der Waals surface area (Å²) >= 11 is 1.70. The van der Waals surface area contributed by atoms with E-state index < -0.39 is 0 Å². The molecule has 0 spiro atoms. The maximum atomic E-state index is 5.49. The van der Waals surface area contributed by atoms with Gasteiger partial charge >= 0.3 is 0 Å². The Morgan fingerprint density at radius 1 is 1.57 bits per heavy atom. The highest BCUT2D eigenvalue weighted by Gasteiger charge is 1.93. The molecule has 0 fully saturated rings. The second-order valence-corrected chi connectivity index (χ2v) is 3.62. The monoisotopic (exact) mass is 208 g/mol. The molecule has 0 aliphatic carbocycles. The van der Waals surface area contributed by atoms with Crippen molar-refractivity contribution in [3.63, 3.8) is 0 Å². The molecule has 0 atom stereocenters. The largest absolute Gasteiger partial charge is 0.384 e. The topological polar surface area (TPSA) is 63.8 Å². The number of nitrogens with two attached hydrogens (primary N) is 1. The molecule has 0 aliphatic heterocycles. The van der Waals surface area contributed by atoms with Crippen LogP contribution in [0.25, 0.3) is 0 Å². The van der Waals surface area contributed by atoms with Crippen LogP contribution in [-0.4, -0.2) is 28.0 Å². The highest BCUT2D eigenvalue weighted by molar-refractivity contribution is 7.99. The maximum Gasteiger partial charge on any atom is 0.131 e. The van der Waals surface area contributed by atoms with Gasteiger partial charge in [0.05, 0.1) is 5.75 Å². The smallest absolute Gasteiger partial charge is 0.131 e.